The number of rotatable bonds is 7. The van der Waals surface area contributed by atoms with Gasteiger partial charge in [-0.25, -0.2) is 4.79 Å². The fourth-order valence-electron chi connectivity index (χ4n) is 2.68. The summed E-state index contributed by atoms with van der Waals surface area (Å²) in [6, 6.07) is 13.0. The van der Waals surface area contributed by atoms with Gasteiger partial charge in [0.15, 0.2) is 24.7 Å². The molecule has 7 heteroatoms. The quantitative estimate of drug-likeness (QED) is 0.721. The molecule has 154 valence electrons. The highest BCUT2D eigenvalue weighted by Crippen LogP contribution is 2.32. The molecule has 0 saturated carbocycles. The monoisotopic (exact) mass is 399 g/mol. The van der Waals surface area contributed by atoms with E-state index in [-0.39, 0.29) is 25.4 Å². The molecule has 1 aliphatic heterocycles. The van der Waals surface area contributed by atoms with Crippen LogP contribution in [0.3, 0.4) is 0 Å². The van der Waals surface area contributed by atoms with Crippen LogP contribution in [0.4, 0.5) is 0 Å². The number of hydrogen-bond acceptors (Lipinski definition) is 6. The first-order chi connectivity index (χ1) is 13.8. The molecule has 0 unspecified atom stereocenters. The molecule has 1 aliphatic rings. The predicted molar refractivity (Wildman–Crippen MR) is 106 cm³/mol. The fraction of sp³-hybridized carbons (Fsp3) is 0.364. The Morgan fingerprint density at radius 3 is 2.45 bits per heavy atom. The van der Waals surface area contributed by atoms with Gasteiger partial charge in [0.25, 0.3) is 5.91 Å². The smallest absolute Gasteiger partial charge is 0.344 e. The molecular weight excluding hydrogens is 374 g/mol. The first-order valence-corrected chi connectivity index (χ1v) is 9.35. The van der Waals surface area contributed by atoms with Crippen LogP contribution in [0.1, 0.15) is 31.9 Å². The molecule has 3 rings (SSSR count). The van der Waals surface area contributed by atoms with E-state index in [0.29, 0.717) is 23.8 Å². The van der Waals surface area contributed by atoms with Crippen molar-refractivity contribution in [3.8, 4) is 17.2 Å². The zero-order valence-corrected chi connectivity index (χ0v) is 16.8. The van der Waals surface area contributed by atoms with E-state index in [1.165, 1.54) is 5.56 Å². The van der Waals surface area contributed by atoms with E-state index >= 15 is 0 Å². The average molecular weight is 399 g/mol. The van der Waals surface area contributed by atoms with E-state index in [4.69, 9.17) is 18.9 Å². The first-order valence-electron chi connectivity index (χ1n) is 9.35. The summed E-state index contributed by atoms with van der Waals surface area (Å²) in [5, 5.41) is 2.69. The van der Waals surface area contributed by atoms with Crippen LogP contribution in [0.5, 0.6) is 17.2 Å². The van der Waals surface area contributed by atoms with E-state index < -0.39 is 11.9 Å². The molecule has 0 aromatic heterocycles. The molecule has 1 N–H and O–H groups in total. The Morgan fingerprint density at radius 2 is 1.72 bits per heavy atom. The van der Waals surface area contributed by atoms with Crippen LogP contribution < -0.4 is 19.5 Å². The lowest BCUT2D eigenvalue weighted by atomic mass is 9.87. The molecule has 0 bridgehead atoms. The lowest BCUT2D eigenvalue weighted by molar-refractivity contribution is -0.150. The van der Waals surface area contributed by atoms with Gasteiger partial charge in [0.05, 0.1) is 0 Å². The Bertz CT molecular complexity index is 870. The first kappa shape index (κ1) is 20.5. The third-order valence-corrected chi connectivity index (χ3v) is 4.37. The maximum absolute atomic E-state index is 11.9. The molecule has 2 aromatic carbocycles. The van der Waals surface area contributed by atoms with Crippen LogP contribution in [0.2, 0.25) is 0 Å². The van der Waals surface area contributed by atoms with Gasteiger partial charge >= 0.3 is 5.97 Å². The summed E-state index contributed by atoms with van der Waals surface area (Å²) in [5.41, 5.74) is 2.08. The van der Waals surface area contributed by atoms with Gasteiger partial charge in [0.2, 0.25) is 6.79 Å². The van der Waals surface area contributed by atoms with Crippen molar-refractivity contribution in [2.45, 2.75) is 32.7 Å². The standard InChI is InChI=1S/C22H25NO6/c1-22(2,3)16-5-7-17(8-6-16)26-13-21(25)27-12-20(24)23-11-15-4-9-18-19(10-15)29-14-28-18/h4-10H,11-14H2,1-3H3,(H,23,24). The SMILES string of the molecule is CC(C)(C)c1ccc(OCC(=O)OCC(=O)NCc2ccc3c(c2)OCO3)cc1. The number of benzene rings is 2. The number of carbonyl (C=O) groups excluding carboxylic acids is 2. The molecule has 0 aliphatic carbocycles. The second kappa shape index (κ2) is 8.86. The number of fused-ring (bicyclic) bond motifs is 1. The fourth-order valence-corrected chi connectivity index (χ4v) is 2.68. The summed E-state index contributed by atoms with van der Waals surface area (Å²) in [6.45, 7) is 6.24. The molecule has 2 aromatic rings. The Balaban J connectivity index is 1.36. The molecule has 7 nitrogen and oxygen atoms in total. The van der Waals surface area contributed by atoms with Crippen LogP contribution >= 0.6 is 0 Å². The molecule has 0 fully saturated rings. The van der Waals surface area contributed by atoms with Crippen LogP contribution in [-0.4, -0.2) is 31.9 Å². The zero-order valence-electron chi connectivity index (χ0n) is 16.8. The van der Waals surface area contributed by atoms with Crippen molar-refractivity contribution in [1.29, 1.82) is 0 Å². The molecule has 29 heavy (non-hydrogen) atoms. The van der Waals surface area contributed by atoms with Crippen molar-refractivity contribution in [3.63, 3.8) is 0 Å². The van der Waals surface area contributed by atoms with Crippen molar-refractivity contribution in [3.05, 3.63) is 53.6 Å². The lowest BCUT2D eigenvalue weighted by Gasteiger charge is -2.19. The van der Waals surface area contributed by atoms with Gasteiger partial charge < -0.3 is 24.3 Å². The summed E-state index contributed by atoms with van der Waals surface area (Å²) in [5.74, 6) is 0.897. The Kier molecular flexibility index (Phi) is 6.26. The molecule has 0 radical (unpaired) electrons. The van der Waals surface area contributed by atoms with Gasteiger partial charge in [0.1, 0.15) is 5.75 Å². The van der Waals surface area contributed by atoms with Crippen molar-refractivity contribution in [2.75, 3.05) is 20.0 Å². The van der Waals surface area contributed by atoms with Crippen LogP contribution in [0, 0.1) is 0 Å². The summed E-state index contributed by atoms with van der Waals surface area (Å²) in [4.78, 5) is 23.7. The molecular formula is C22H25NO6. The molecule has 1 heterocycles. The van der Waals surface area contributed by atoms with E-state index in [1.54, 1.807) is 12.1 Å². The molecule has 0 saturated heterocycles. The molecule has 0 atom stereocenters. The number of hydrogen-bond donors (Lipinski definition) is 1. The minimum absolute atomic E-state index is 0.0470. The number of amides is 1. The van der Waals surface area contributed by atoms with Crippen molar-refractivity contribution in [2.24, 2.45) is 0 Å². The third kappa shape index (κ3) is 5.88. The average Bonchev–Trinajstić information content (AvgIpc) is 3.16. The lowest BCUT2D eigenvalue weighted by Crippen LogP contribution is -2.29. The summed E-state index contributed by atoms with van der Waals surface area (Å²) >= 11 is 0. The second-order valence-corrected chi connectivity index (χ2v) is 7.69. The van der Waals surface area contributed by atoms with Gasteiger partial charge in [-0.3, -0.25) is 4.79 Å². The predicted octanol–water partition coefficient (Wildman–Crippen LogP) is 2.95. The minimum atomic E-state index is -0.608. The highest BCUT2D eigenvalue weighted by molar-refractivity contribution is 5.80. The van der Waals surface area contributed by atoms with Gasteiger partial charge in [0, 0.05) is 6.54 Å². The van der Waals surface area contributed by atoms with Crippen molar-refractivity contribution < 1.29 is 28.5 Å². The summed E-state index contributed by atoms with van der Waals surface area (Å²) in [6.07, 6.45) is 0. The van der Waals surface area contributed by atoms with Gasteiger partial charge in [-0.1, -0.05) is 39.0 Å². The largest absolute Gasteiger partial charge is 0.482 e. The molecule has 0 spiro atoms. The highest BCUT2D eigenvalue weighted by atomic mass is 16.7. The highest BCUT2D eigenvalue weighted by Gasteiger charge is 2.15. The topological polar surface area (TPSA) is 83.1 Å². The number of ether oxygens (including phenoxy) is 4. The van der Waals surface area contributed by atoms with Crippen LogP contribution in [0.15, 0.2) is 42.5 Å². The van der Waals surface area contributed by atoms with Crippen molar-refractivity contribution in [1.82, 2.24) is 5.32 Å². The number of carbonyl (C=O) groups is 2. The number of esters is 1. The van der Waals surface area contributed by atoms with Crippen LogP contribution in [0.25, 0.3) is 0 Å². The maximum Gasteiger partial charge on any atom is 0.344 e. The van der Waals surface area contributed by atoms with Gasteiger partial charge in [-0.2, -0.15) is 0 Å². The zero-order chi connectivity index (χ0) is 20.9. The van der Waals surface area contributed by atoms with E-state index in [9.17, 15) is 9.59 Å². The van der Waals surface area contributed by atoms with Crippen LogP contribution in [-0.2, 0) is 26.3 Å². The Morgan fingerprint density at radius 1 is 1.00 bits per heavy atom. The van der Waals surface area contributed by atoms with Gasteiger partial charge in [-0.15, -0.1) is 0 Å². The normalized spacial score (nSPS) is 12.4. The van der Waals surface area contributed by atoms with E-state index in [0.717, 1.165) is 5.56 Å². The van der Waals surface area contributed by atoms with E-state index in [1.807, 2.05) is 30.3 Å². The second-order valence-electron chi connectivity index (χ2n) is 7.69. The summed E-state index contributed by atoms with van der Waals surface area (Å²) in [7, 11) is 0. The Labute approximate surface area is 169 Å². The van der Waals surface area contributed by atoms with E-state index in [2.05, 4.69) is 26.1 Å². The third-order valence-electron chi connectivity index (χ3n) is 4.37. The van der Waals surface area contributed by atoms with Crippen molar-refractivity contribution >= 4 is 11.9 Å². The molecule has 1 amide bonds. The Hall–Kier alpha value is -3.22. The number of nitrogens with one attached hydrogen (secondary N) is 1. The summed E-state index contributed by atoms with van der Waals surface area (Å²) < 4.78 is 20.9. The van der Waals surface area contributed by atoms with Gasteiger partial charge in [-0.05, 0) is 40.8 Å². The maximum atomic E-state index is 11.9. The minimum Gasteiger partial charge on any atom is -0.482 e.